The standard InChI is InChI=1S/C20H17FN2O2/c1-25-15-6-2-5-14(12-15)18-10-11-23(18)20(24)17-9-8-13-4-3-7-16(21)19(13)22-17/h2-9,12,18H,10-11H2,1H3/t18-/m1/s1. The van der Waals surface area contributed by atoms with E-state index in [1.165, 1.54) is 6.07 Å². The average Bonchev–Trinajstić information content (AvgIpc) is 2.61. The maximum absolute atomic E-state index is 14.0. The van der Waals surface area contributed by atoms with Gasteiger partial charge in [0.25, 0.3) is 5.91 Å². The van der Waals surface area contributed by atoms with Gasteiger partial charge < -0.3 is 9.64 Å². The summed E-state index contributed by atoms with van der Waals surface area (Å²) in [5, 5.41) is 0.685. The SMILES string of the molecule is COc1cccc([C@H]2CCN2C(=O)c2ccc3cccc(F)c3n2)c1. The van der Waals surface area contributed by atoms with Crippen molar-refractivity contribution in [2.24, 2.45) is 0 Å². The molecule has 1 aromatic heterocycles. The van der Waals surface area contributed by atoms with Crippen molar-refractivity contribution in [3.63, 3.8) is 0 Å². The molecule has 3 aromatic rings. The number of halogens is 1. The summed E-state index contributed by atoms with van der Waals surface area (Å²) in [6, 6.07) is 15.9. The predicted octanol–water partition coefficient (Wildman–Crippen LogP) is 3.97. The number of hydrogen-bond donors (Lipinski definition) is 0. The second kappa shape index (κ2) is 6.16. The first-order chi connectivity index (χ1) is 12.2. The van der Waals surface area contributed by atoms with Crippen molar-refractivity contribution in [1.29, 1.82) is 0 Å². The van der Waals surface area contributed by atoms with E-state index < -0.39 is 5.82 Å². The fourth-order valence-electron chi connectivity index (χ4n) is 3.20. The van der Waals surface area contributed by atoms with Crippen molar-refractivity contribution >= 4 is 16.8 Å². The second-order valence-electron chi connectivity index (χ2n) is 6.09. The molecule has 5 heteroatoms. The van der Waals surface area contributed by atoms with Gasteiger partial charge in [0, 0.05) is 11.9 Å². The third-order valence-electron chi connectivity index (χ3n) is 4.65. The van der Waals surface area contributed by atoms with Crippen LogP contribution < -0.4 is 4.74 Å². The summed E-state index contributed by atoms with van der Waals surface area (Å²) >= 11 is 0. The zero-order chi connectivity index (χ0) is 17.4. The summed E-state index contributed by atoms with van der Waals surface area (Å²) < 4.78 is 19.2. The van der Waals surface area contributed by atoms with E-state index in [9.17, 15) is 9.18 Å². The Balaban J connectivity index is 1.63. The number of fused-ring (bicyclic) bond motifs is 1. The van der Waals surface area contributed by atoms with Crippen LogP contribution in [-0.4, -0.2) is 29.4 Å². The number of likely N-dealkylation sites (tertiary alicyclic amines) is 1. The van der Waals surface area contributed by atoms with Crippen LogP contribution in [-0.2, 0) is 0 Å². The summed E-state index contributed by atoms with van der Waals surface area (Å²) in [5.41, 5.74) is 1.53. The molecule has 126 valence electrons. The van der Waals surface area contributed by atoms with Crippen molar-refractivity contribution in [3.05, 3.63) is 71.7 Å². The van der Waals surface area contributed by atoms with E-state index in [0.717, 1.165) is 17.7 Å². The molecule has 0 bridgehead atoms. The Morgan fingerprint density at radius 2 is 2.04 bits per heavy atom. The van der Waals surface area contributed by atoms with E-state index in [0.29, 0.717) is 11.9 Å². The molecule has 1 aliphatic heterocycles. The predicted molar refractivity (Wildman–Crippen MR) is 93.1 cm³/mol. The van der Waals surface area contributed by atoms with E-state index in [2.05, 4.69) is 4.98 Å². The molecule has 2 aromatic carbocycles. The molecule has 2 heterocycles. The lowest BCUT2D eigenvalue weighted by Gasteiger charge is -2.41. The molecule has 1 fully saturated rings. The van der Waals surface area contributed by atoms with E-state index in [4.69, 9.17) is 4.74 Å². The highest BCUT2D eigenvalue weighted by molar-refractivity contribution is 5.95. The number of rotatable bonds is 3. The van der Waals surface area contributed by atoms with Crippen molar-refractivity contribution in [2.75, 3.05) is 13.7 Å². The van der Waals surface area contributed by atoms with Crippen LogP contribution in [0, 0.1) is 5.82 Å². The Morgan fingerprint density at radius 1 is 1.20 bits per heavy atom. The Kier molecular flexibility index (Phi) is 3.84. The minimum absolute atomic E-state index is 0.000664. The lowest BCUT2D eigenvalue weighted by molar-refractivity contribution is 0.0454. The Labute approximate surface area is 144 Å². The molecule has 0 spiro atoms. The van der Waals surface area contributed by atoms with Gasteiger partial charge >= 0.3 is 0 Å². The number of aromatic nitrogens is 1. The van der Waals surface area contributed by atoms with Gasteiger partial charge in [-0.25, -0.2) is 9.37 Å². The van der Waals surface area contributed by atoms with Gasteiger partial charge in [-0.2, -0.15) is 0 Å². The monoisotopic (exact) mass is 336 g/mol. The molecule has 0 saturated carbocycles. The summed E-state index contributed by atoms with van der Waals surface area (Å²) in [5.74, 6) is 0.173. The molecule has 4 nitrogen and oxygen atoms in total. The molecule has 0 aliphatic carbocycles. The van der Waals surface area contributed by atoms with E-state index >= 15 is 0 Å². The van der Waals surface area contributed by atoms with E-state index in [1.807, 2.05) is 24.3 Å². The normalized spacial score (nSPS) is 16.6. The number of benzene rings is 2. The first-order valence-corrected chi connectivity index (χ1v) is 8.17. The fraction of sp³-hybridized carbons (Fsp3) is 0.200. The highest BCUT2D eigenvalue weighted by Crippen LogP contribution is 2.35. The van der Waals surface area contributed by atoms with Gasteiger partial charge in [0.15, 0.2) is 0 Å². The molecule has 1 atom stereocenters. The Hall–Kier alpha value is -2.95. The van der Waals surface area contributed by atoms with E-state index in [1.54, 1.807) is 36.3 Å². The van der Waals surface area contributed by atoms with Crippen LogP contribution in [0.15, 0.2) is 54.6 Å². The van der Waals surface area contributed by atoms with Crippen molar-refractivity contribution in [3.8, 4) is 5.75 Å². The first-order valence-electron chi connectivity index (χ1n) is 8.17. The molecule has 25 heavy (non-hydrogen) atoms. The second-order valence-corrected chi connectivity index (χ2v) is 6.09. The van der Waals surface area contributed by atoms with Gasteiger partial charge in [-0.3, -0.25) is 4.79 Å². The van der Waals surface area contributed by atoms with Gasteiger partial charge in [-0.05, 0) is 36.2 Å². The zero-order valence-electron chi connectivity index (χ0n) is 13.8. The van der Waals surface area contributed by atoms with Gasteiger partial charge in [-0.1, -0.05) is 30.3 Å². The third kappa shape index (κ3) is 2.71. The molecule has 0 N–H and O–H groups in total. The van der Waals surface area contributed by atoms with E-state index in [-0.39, 0.29) is 23.2 Å². The van der Waals surface area contributed by atoms with Crippen LogP contribution in [0.4, 0.5) is 4.39 Å². The summed E-state index contributed by atoms with van der Waals surface area (Å²) in [7, 11) is 1.62. The number of carbonyl (C=O) groups excluding carboxylic acids is 1. The number of methoxy groups -OCH3 is 1. The number of para-hydroxylation sites is 1. The van der Waals surface area contributed by atoms with Crippen LogP contribution in [0.25, 0.3) is 10.9 Å². The number of pyridine rings is 1. The summed E-state index contributed by atoms with van der Waals surface area (Å²) in [4.78, 5) is 18.8. The lowest BCUT2D eigenvalue weighted by Crippen LogP contribution is -2.45. The van der Waals surface area contributed by atoms with Crippen LogP contribution in [0.2, 0.25) is 0 Å². The summed E-state index contributed by atoms with van der Waals surface area (Å²) in [6.07, 6.45) is 0.890. The van der Waals surface area contributed by atoms with Gasteiger partial charge in [0.2, 0.25) is 0 Å². The maximum atomic E-state index is 14.0. The van der Waals surface area contributed by atoms with Gasteiger partial charge in [0.1, 0.15) is 22.8 Å². The third-order valence-corrected chi connectivity index (χ3v) is 4.65. The molecular formula is C20H17FN2O2. The molecule has 0 unspecified atom stereocenters. The fourth-order valence-corrected chi connectivity index (χ4v) is 3.20. The quantitative estimate of drug-likeness (QED) is 0.727. The maximum Gasteiger partial charge on any atom is 0.272 e. The first kappa shape index (κ1) is 15.6. The minimum Gasteiger partial charge on any atom is -0.497 e. The molecule has 4 rings (SSSR count). The number of ether oxygens (including phenoxy) is 1. The minimum atomic E-state index is -0.417. The number of hydrogen-bond acceptors (Lipinski definition) is 3. The highest BCUT2D eigenvalue weighted by atomic mass is 19.1. The molecule has 1 aliphatic rings. The Morgan fingerprint density at radius 3 is 2.80 bits per heavy atom. The van der Waals surface area contributed by atoms with Crippen molar-refractivity contribution in [2.45, 2.75) is 12.5 Å². The highest BCUT2D eigenvalue weighted by Gasteiger charge is 2.34. The smallest absolute Gasteiger partial charge is 0.272 e. The lowest BCUT2D eigenvalue weighted by atomic mass is 9.94. The number of nitrogens with zero attached hydrogens (tertiary/aromatic N) is 2. The van der Waals surface area contributed by atoms with Gasteiger partial charge in [0.05, 0.1) is 13.2 Å². The van der Waals surface area contributed by atoms with Crippen molar-refractivity contribution < 1.29 is 13.9 Å². The van der Waals surface area contributed by atoms with Crippen molar-refractivity contribution in [1.82, 2.24) is 9.88 Å². The molecule has 1 amide bonds. The number of carbonyl (C=O) groups is 1. The largest absolute Gasteiger partial charge is 0.497 e. The zero-order valence-corrected chi connectivity index (χ0v) is 13.8. The summed E-state index contributed by atoms with van der Waals surface area (Å²) in [6.45, 7) is 0.664. The Bertz CT molecular complexity index is 957. The van der Waals surface area contributed by atoms with Crippen LogP contribution in [0.1, 0.15) is 28.5 Å². The van der Waals surface area contributed by atoms with Crippen LogP contribution in [0.3, 0.4) is 0 Å². The topological polar surface area (TPSA) is 42.4 Å². The number of amides is 1. The molecule has 0 radical (unpaired) electrons. The van der Waals surface area contributed by atoms with Crippen LogP contribution in [0.5, 0.6) is 5.75 Å². The van der Waals surface area contributed by atoms with Crippen LogP contribution >= 0.6 is 0 Å². The molecular weight excluding hydrogens is 319 g/mol. The molecule has 1 saturated heterocycles. The average molecular weight is 336 g/mol. The van der Waals surface area contributed by atoms with Gasteiger partial charge in [-0.15, -0.1) is 0 Å².